The highest BCUT2D eigenvalue weighted by molar-refractivity contribution is 5.91. The van der Waals surface area contributed by atoms with Crippen LogP contribution in [0.1, 0.15) is 29.8 Å². The van der Waals surface area contributed by atoms with Crippen molar-refractivity contribution in [1.29, 1.82) is 5.26 Å². The zero-order valence-electron chi connectivity index (χ0n) is 17.5. The molecule has 0 radical (unpaired) electrons. The van der Waals surface area contributed by atoms with Crippen molar-refractivity contribution in [2.45, 2.75) is 18.5 Å². The van der Waals surface area contributed by atoms with Gasteiger partial charge in [0.15, 0.2) is 0 Å². The number of hydrogen-bond donors (Lipinski definition) is 2. The largest absolute Gasteiger partial charge is 0.493 e. The Morgan fingerprint density at radius 3 is 2.61 bits per heavy atom. The van der Waals surface area contributed by atoms with Gasteiger partial charge in [-0.1, -0.05) is 36.4 Å². The van der Waals surface area contributed by atoms with E-state index in [2.05, 4.69) is 5.32 Å². The molecule has 6 rings (SSSR count). The first-order valence-electron chi connectivity index (χ1n) is 10.7. The number of amides is 2. The first-order chi connectivity index (χ1) is 16.1. The van der Waals surface area contributed by atoms with Crippen molar-refractivity contribution in [3.05, 3.63) is 88.5 Å². The number of nitrogens with one attached hydrogen (secondary N) is 1. The van der Waals surface area contributed by atoms with Gasteiger partial charge in [0.25, 0.3) is 0 Å². The summed E-state index contributed by atoms with van der Waals surface area (Å²) in [7, 11) is 0. The third kappa shape index (κ3) is 2.76. The van der Waals surface area contributed by atoms with Crippen LogP contribution in [0, 0.1) is 11.3 Å². The molecule has 33 heavy (non-hydrogen) atoms. The number of likely N-dealkylation sites (tertiary alicyclic amines) is 1. The van der Waals surface area contributed by atoms with Crippen molar-refractivity contribution in [3.63, 3.8) is 0 Å². The minimum Gasteiger partial charge on any atom is -0.493 e. The topological polar surface area (TPSA) is 103 Å². The quantitative estimate of drug-likeness (QED) is 0.496. The second-order valence-electron chi connectivity index (χ2n) is 8.37. The maximum absolute atomic E-state index is 13.4. The zero-order chi connectivity index (χ0) is 22.7. The minimum absolute atomic E-state index is 0.125. The summed E-state index contributed by atoms with van der Waals surface area (Å²) >= 11 is 0. The smallest absolute Gasteiger partial charge is 0.336 e. The number of rotatable bonds is 2. The Kier molecular flexibility index (Phi) is 4.07. The lowest BCUT2D eigenvalue weighted by Crippen LogP contribution is -2.40. The van der Waals surface area contributed by atoms with Crippen LogP contribution < -0.4 is 11.0 Å². The molecule has 2 amide bonds. The molecule has 0 saturated carbocycles. The van der Waals surface area contributed by atoms with Crippen LogP contribution in [0.2, 0.25) is 0 Å². The highest BCUT2D eigenvalue weighted by Crippen LogP contribution is 2.49. The summed E-state index contributed by atoms with van der Waals surface area (Å²) in [6.45, 7) is 0.388. The predicted octanol–water partition coefficient (Wildman–Crippen LogP) is 3.90. The first kappa shape index (κ1) is 19.2. The molecule has 3 aromatic carbocycles. The molecule has 2 atom stereocenters. The molecular formula is C25H19N5O3. The Balaban J connectivity index is 1.37. The lowest BCUT2D eigenvalue weighted by atomic mass is 10.1. The van der Waals surface area contributed by atoms with Gasteiger partial charge in [0.1, 0.15) is 5.69 Å². The van der Waals surface area contributed by atoms with Crippen LogP contribution in [0.4, 0.5) is 10.5 Å². The molecule has 2 N–H and O–H groups in total. The lowest BCUT2D eigenvalue weighted by Gasteiger charge is -2.27. The van der Waals surface area contributed by atoms with Crippen molar-refractivity contribution >= 4 is 22.5 Å². The molecular weight excluding hydrogens is 418 g/mol. The Morgan fingerprint density at radius 1 is 1.06 bits per heavy atom. The maximum atomic E-state index is 13.4. The second kappa shape index (κ2) is 7.00. The van der Waals surface area contributed by atoms with E-state index in [0.29, 0.717) is 35.6 Å². The van der Waals surface area contributed by atoms with E-state index in [1.807, 2.05) is 48.5 Å². The van der Waals surface area contributed by atoms with Gasteiger partial charge in [-0.25, -0.2) is 14.2 Å². The molecule has 162 valence electrons. The highest BCUT2D eigenvalue weighted by atomic mass is 16.3. The van der Waals surface area contributed by atoms with Crippen molar-refractivity contribution in [2.24, 2.45) is 0 Å². The fourth-order valence-electron chi connectivity index (χ4n) is 5.11. The molecule has 3 heterocycles. The number of aromatic hydroxyl groups is 1. The Bertz CT molecular complexity index is 1520. The fraction of sp³-hybridized carbons (Fsp3) is 0.160. The van der Waals surface area contributed by atoms with E-state index in [4.69, 9.17) is 5.26 Å². The number of benzene rings is 3. The van der Waals surface area contributed by atoms with Crippen LogP contribution in [0.5, 0.6) is 5.88 Å². The average molecular weight is 437 g/mol. The Labute approximate surface area is 188 Å². The second-order valence-corrected chi connectivity index (χ2v) is 8.37. The van der Waals surface area contributed by atoms with Gasteiger partial charge in [-0.2, -0.15) is 5.26 Å². The monoisotopic (exact) mass is 437 g/mol. The van der Waals surface area contributed by atoms with E-state index in [1.165, 1.54) is 4.57 Å². The number of nitriles is 1. The number of carbonyl (C=O) groups is 1. The predicted molar refractivity (Wildman–Crippen MR) is 122 cm³/mol. The van der Waals surface area contributed by atoms with Gasteiger partial charge in [0, 0.05) is 17.6 Å². The number of anilines is 1. The summed E-state index contributed by atoms with van der Waals surface area (Å²) in [5, 5.41) is 24.8. The fourth-order valence-corrected chi connectivity index (χ4v) is 5.11. The van der Waals surface area contributed by atoms with E-state index in [1.54, 1.807) is 33.7 Å². The molecule has 1 aromatic heterocycles. The van der Waals surface area contributed by atoms with Gasteiger partial charge >= 0.3 is 11.7 Å². The molecule has 4 aromatic rings. The highest BCUT2D eigenvalue weighted by Gasteiger charge is 2.49. The van der Waals surface area contributed by atoms with Gasteiger partial charge < -0.3 is 15.3 Å². The summed E-state index contributed by atoms with van der Waals surface area (Å²) in [6, 6.07) is 21.1. The molecule has 0 spiro atoms. The third-order valence-electron chi connectivity index (χ3n) is 6.59. The van der Waals surface area contributed by atoms with Crippen molar-refractivity contribution in [1.82, 2.24) is 14.0 Å². The van der Waals surface area contributed by atoms with Crippen molar-refractivity contribution in [2.75, 3.05) is 11.9 Å². The number of nitrogens with zero attached hydrogens (tertiary/aromatic N) is 4. The van der Waals surface area contributed by atoms with Gasteiger partial charge in [-0.15, -0.1) is 0 Å². The lowest BCUT2D eigenvalue weighted by molar-refractivity contribution is 0.198. The van der Waals surface area contributed by atoms with Crippen LogP contribution in [0.3, 0.4) is 0 Å². The number of hydrogen-bond acceptors (Lipinski definition) is 4. The normalized spacial score (nSPS) is 18.3. The molecule has 1 fully saturated rings. The van der Waals surface area contributed by atoms with E-state index in [9.17, 15) is 14.7 Å². The van der Waals surface area contributed by atoms with Crippen molar-refractivity contribution in [3.8, 4) is 17.6 Å². The standard InChI is InChI=1S/C25H19N5O3/c26-13-15-8-10-17(11-9-15)27-24(32)28-14-18-12-21(28)22-23(31)30(25(33)29(18)22)20-7-3-5-16-4-1-2-6-19(16)20/h1-11,18,21,31H,12,14H2,(H,27,32)/t18-,21-/m0/s1. The molecule has 1 saturated heterocycles. The summed E-state index contributed by atoms with van der Waals surface area (Å²) in [5.41, 5.74) is 1.89. The number of carbonyl (C=O) groups excluding carboxylic acids is 1. The SMILES string of the molecule is N#Cc1ccc(NC(=O)N2C[C@@H]3C[C@H]2c2c(O)n(-c4cccc5ccccc45)c(=O)n23)cc1. The van der Waals surface area contributed by atoms with Gasteiger partial charge in [-0.05, 0) is 42.1 Å². The van der Waals surface area contributed by atoms with E-state index < -0.39 is 6.04 Å². The van der Waals surface area contributed by atoms with Crippen LogP contribution >= 0.6 is 0 Å². The van der Waals surface area contributed by atoms with Crippen LogP contribution in [0.25, 0.3) is 16.5 Å². The molecule has 2 aliphatic heterocycles. The van der Waals surface area contributed by atoms with Gasteiger partial charge in [-0.3, -0.25) is 4.57 Å². The summed E-state index contributed by atoms with van der Waals surface area (Å²) in [5.74, 6) is -0.125. The van der Waals surface area contributed by atoms with E-state index >= 15 is 0 Å². The zero-order valence-corrected chi connectivity index (χ0v) is 17.5. The molecule has 2 aliphatic rings. The first-order valence-corrected chi connectivity index (χ1v) is 10.7. The Morgan fingerprint density at radius 2 is 1.82 bits per heavy atom. The maximum Gasteiger partial charge on any atom is 0.336 e. The molecule has 2 bridgehead atoms. The number of aromatic nitrogens is 2. The third-order valence-corrected chi connectivity index (χ3v) is 6.59. The number of urea groups is 1. The molecule has 8 heteroatoms. The van der Waals surface area contributed by atoms with Crippen LogP contribution in [-0.4, -0.2) is 31.7 Å². The Hall–Kier alpha value is -4.51. The molecule has 0 unspecified atom stereocenters. The van der Waals surface area contributed by atoms with E-state index in [0.717, 1.165) is 10.8 Å². The van der Waals surface area contributed by atoms with Crippen LogP contribution in [0.15, 0.2) is 71.5 Å². The van der Waals surface area contributed by atoms with Gasteiger partial charge in [0.05, 0.1) is 29.4 Å². The summed E-state index contributed by atoms with van der Waals surface area (Å²) < 4.78 is 2.98. The number of imidazole rings is 1. The number of fused-ring (bicyclic) bond motifs is 6. The molecule has 8 nitrogen and oxygen atoms in total. The van der Waals surface area contributed by atoms with Crippen LogP contribution in [-0.2, 0) is 0 Å². The molecule has 0 aliphatic carbocycles. The average Bonchev–Trinajstić information content (AvgIpc) is 3.51. The summed E-state index contributed by atoms with van der Waals surface area (Å²) in [6.07, 6.45) is 0.593. The van der Waals surface area contributed by atoms with Crippen molar-refractivity contribution < 1.29 is 9.90 Å². The van der Waals surface area contributed by atoms with E-state index in [-0.39, 0.29) is 23.6 Å². The minimum atomic E-state index is -0.391. The summed E-state index contributed by atoms with van der Waals surface area (Å²) in [4.78, 5) is 28.0. The van der Waals surface area contributed by atoms with Gasteiger partial charge in [0.2, 0.25) is 5.88 Å².